The van der Waals surface area contributed by atoms with Crippen LogP contribution in [0, 0.1) is 11.8 Å². The second-order valence-electron chi connectivity index (χ2n) is 5.03. The lowest BCUT2D eigenvalue weighted by Crippen LogP contribution is -2.73. The third-order valence-corrected chi connectivity index (χ3v) is 3.81. The van der Waals surface area contributed by atoms with Crippen LogP contribution in [-0.2, 0) is 14.3 Å². The largest absolute Gasteiger partial charge is 0.456 e. The lowest BCUT2D eigenvalue weighted by molar-refractivity contribution is -0.220. The Balaban J connectivity index is 2.43. The number of likely N-dealkylation sites (tertiary alicyclic amines) is 1. The maximum atomic E-state index is 11.8. The van der Waals surface area contributed by atoms with Crippen LogP contribution in [0.25, 0.3) is 0 Å². The van der Waals surface area contributed by atoms with Crippen LogP contribution in [0.4, 0.5) is 0 Å². The Morgan fingerprint density at radius 3 is 2.38 bits per heavy atom. The predicted octanol–water partition coefficient (Wildman–Crippen LogP) is -0.224. The fourth-order valence-electron chi connectivity index (χ4n) is 2.78. The first kappa shape index (κ1) is 11.4. The monoisotopic (exact) mass is 227 g/mol. The Morgan fingerprint density at radius 1 is 1.44 bits per heavy atom. The predicted molar refractivity (Wildman–Crippen MR) is 55.4 cm³/mol. The minimum atomic E-state index is -1.15. The zero-order valence-corrected chi connectivity index (χ0v) is 9.93. The van der Waals surface area contributed by atoms with E-state index in [1.165, 1.54) is 4.90 Å². The number of nitrogens with zero attached hydrogens (tertiary/aromatic N) is 1. The van der Waals surface area contributed by atoms with Crippen molar-refractivity contribution in [3.63, 3.8) is 0 Å². The van der Waals surface area contributed by atoms with Gasteiger partial charge in [-0.15, -0.1) is 0 Å². The molecule has 90 valence electrons. The second-order valence-corrected chi connectivity index (χ2v) is 5.03. The number of hydrogen-bond donors (Lipinski definition) is 1. The summed E-state index contributed by atoms with van der Waals surface area (Å²) in [5.41, 5.74) is -1.15. The minimum absolute atomic E-state index is 0.101. The molecule has 1 N–H and O–H groups in total. The summed E-state index contributed by atoms with van der Waals surface area (Å²) >= 11 is 0. The van der Waals surface area contributed by atoms with Gasteiger partial charge in [-0.2, -0.15) is 0 Å². The summed E-state index contributed by atoms with van der Waals surface area (Å²) in [5.74, 6) is -1.10. The first-order valence-corrected chi connectivity index (χ1v) is 5.52. The molecular weight excluding hydrogens is 210 g/mol. The van der Waals surface area contributed by atoms with Crippen molar-refractivity contribution in [3.8, 4) is 0 Å². The lowest BCUT2D eigenvalue weighted by atomic mass is 9.75. The van der Waals surface area contributed by atoms with Crippen LogP contribution >= 0.6 is 0 Å². The van der Waals surface area contributed by atoms with Crippen molar-refractivity contribution in [2.75, 3.05) is 7.05 Å². The zero-order chi connectivity index (χ0) is 12.2. The van der Waals surface area contributed by atoms with E-state index in [0.29, 0.717) is 0 Å². The molecule has 16 heavy (non-hydrogen) atoms. The quantitative estimate of drug-likeness (QED) is 0.662. The highest BCUT2D eigenvalue weighted by Crippen LogP contribution is 2.47. The first-order valence-electron chi connectivity index (χ1n) is 5.52. The SMILES string of the molecule is CC(C)[C@H](O)[C@]12C(=O)O[C@H]1[C@@H](C)C(=O)N2C. The van der Waals surface area contributed by atoms with Gasteiger partial charge in [-0.25, -0.2) is 4.79 Å². The Hall–Kier alpha value is -1.10. The molecule has 2 fully saturated rings. The van der Waals surface area contributed by atoms with E-state index in [4.69, 9.17) is 4.74 Å². The third-order valence-electron chi connectivity index (χ3n) is 3.81. The molecule has 0 saturated carbocycles. The maximum Gasteiger partial charge on any atom is 0.339 e. The number of ether oxygens (including phenoxy) is 1. The molecule has 0 aromatic heterocycles. The molecule has 0 bridgehead atoms. The molecule has 2 aliphatic heterocycles. The van der Waals surface area contributed by atoms with E-state index in [1.54, 1.807) is 14.0 Å². The molecule has 2 rings (SSSR count). The van der Waals surface area contributed by atoms with Gasteiger partial charge in [0.2, 0.25) is 11.4 Å². The topological polar surface area (TPSA) is 66.8 Å². The smallest absolute Gasteiger partial charge is 0.339 e. The summed E-state index contributed by atoms with van der Waals surface area (Å²) in [4.78, 5) is 24.9. The summed E-state index contributed by atoms with van der Waals surface area (Å²) in [7, 11) is 1.56. The summed E-state index contributed by atoms with van der Waals surface area (Å²) < 4.78 is 5.03. The van der Waals surface area contributed by atoms with E-state index in [9.17, 15) is 14.7 Å². The highest BCUT2D eigenvalue weighted by atomic mass is 16.6. The number of aliphatic hydroxyl groups excluding tert-OH is 1. The summed E-state index contributed by atoms with van der Waals surface area (Å²) in [6, 6.07) is 0. The van der Waals surface area contributed by atoms with Crippen LogP contribution in [0.5, 0.6) is 0 Å². The van der Waals surface area contributed by atoms with Crippen molar-refractivity contribution in [1.82, 2.24) is 4.90 Å². The average molecular weight is 227 g/mol. The molecule has 5 heteroatoms. The molecule has 2 saturated heterocycles. The van der Waals surface area contributed by atoms with Crippen molar-refractivity contribution >= 4 is 11.9 Å². The highest BCUT2D eigenvalue weighted by Gasteiger charge is 2.73. The van der Waals surface area contributed by atoms with Gasteiger partial charge in [0.25, 0.3) is 0 Å². The van der Waals surface area contributed by atoms with Crippen molar-refractivity contribution in [3.05, 3.63) is 0 Å². The lowest BCUT2D eigenvalue weighted by Gasteiger charge is -2.49. The van der Waals surface area contributed by atoms with Crippen molar-refractivity contribution in [2.45, 2.75) is 38.5 Å². The van der Waals surface area contributed by atoms with Gasteiger partial charge in [0, 0.05) is 7.05 Å². The van der Waals surface area contributed by atoms with Gasteiger partial charge >= 0.3 is 5.97 Å². The summed E-state index contributed by atoms with van der Waals surface area (Å²) in [6.45, 7) is 5.37. The van der Waals surface area contributed by atoms with E-state index in [-0.39, 0.29) is 17.7 Å². The van der Waals surface area contributed by atoms with Crippen molar-refractivity contribution in [2.24, 2.45) is 11.8 Å². The van der Waals surface area contributed by atoms with E-state index < -0.39 is 23.7 Å². The number of aliphatic hydroxyl groups is 1. The van der Waals surface area contributed by atoms with Gasteiger partial charge in [-0.3, -0.25) is 4.79 Å². The molecule has 0 aliphatic carbocycles. The zero-order valence-electron chi connectivity index (χ0n) is 9.93. The molecule has 5 nitrogen and oxygen atoms in total. The summed E-state index contributed by atoms with van der Waals surface area (Å²) in [5, 5.41) is 10.2. The second kappa shape index (κ2) is 3.20. The van der Waals surface area contributed by atoms with Crippen LogP contribution in [0.15, 0.2) is 0 Å². The van der Waals surface area contributed by atoms with Crippen LogP contribution < -0.4 is 0 Å². The number of amides is 1. The molecule has 0 aromatic carbocycles. The average Bonchev–Trinajstić information content (AvgIpc) is 2.36. The fourth-order valence-corrected chi connectivity index (χ4v) is 2.78. The first-order chi connectivity index (χ1) is 7.35. The van der Waals surface area contributed by atoms with Gasteiger partial charge < -0.3 is 14.7 Å². The van der Waals surface area contributed by atoms with Gasteiger partial charge in [-0.05, 0) is 12.8 Å². The van der Waals surface area contributed by atoms with E-state index in [2.05, 4.69) is 0 Å². The Morgan fingerprint density at radius 2 is 2.00 bits per heavy atom. The molecule has 0 aromatic rings. The number of hydrogen-bond acceptors (Lipinski definition) is 4. The number of carbonyl (C=O) groups excluding carboxylic acids is 2. The Labute approximate surface area is 94.4 Å². The normalized spacial score (nSPS) is 39.5. The highest BCUT2D eigenvalue weighted by molar-refractivity contribution is 5.99. The van der Waals surface area contributed by atoms with E-state index >= 15 is 0 Å². The van der Waals surface area contributed by atoms with Gasteiger partial charge in [0.05, 0.1) is 12.0 Å². The Bertz CT molecular complexity index is 354. The molecule has 0 unspecified atom stereocenters. The van der Waals surface area contributed by atoms with Gasteiger partial charge in [0.1, 0.15) is 6.10 Å². The van der Waals surface area contributed by atoms with Crippen LogP contribution in [0.1, 0.15) is 20.8 Å². The molecule has 0 radical (unpaired) electrons. The number of likely N-dealkylation sites (N-methyl/N-ethyl adjacent to an activating group) is 1. The van der Waals surface area contributed by atoms with Gasteiger partial charge in [0.15, 0.2) is 0 Å². The molecule has 1 amide bonds. The standard InChI is InChI=1S/C11H17NO4/c1-5(2)7(13)11-8(16-10(11)15)6(3)9(14)12(11)4/h5-8,13H,1-4H3/t6-,7+,8+,11-/m1/s1. The van der Waals surface area contributed by atoms with E-state index in [0.717, 1.165) is 0 Å². The summed E-state index contributed by atoms with van der Waals surface area (Å²) in [6.07, 6.45) is -1.38. The fraction of sp³-hybridized carbons (Fsp3) is 0.818. The van der Waals surface area contributed by atoms with Crippen LogP contribution in [0.2, 0.25) is 0 Å². The molecular formula is C11H17NO4. The number of esters is 1. The Kier molecular flexibility index (Phi) is 2.28. The van der Waals surface area contributed by atoms with Crippen molar-refractivity contribution in [1.29, 1.82) is 0 Å². The molecule has 2 heterocycles. The van der Waals surface area contributed by atoms with Crippen LogP contribution in [0.3, 0.4) is 0 Å². The van der Waals surface area contributed by atoms with Gasteiger partial charge in [-0.1, -0.05) is 13.8 Å². The number of rotatable bonds is 2. The maximum absolute atomic E-state index is 11.8. The molecule has 0 spiro atoms. The van der Waals surface area contributed by atoms with Crippen molar-refractivity contribution < 1.29 is 19.4 Å². The molecule has 2 aliphatic rings. The van der Waals surface area contributed by atoms with Crippen LogP contribution in [-0.4, -0.2) is 46.7 Å². The number of carbonyl (C=O) groups is 2. The van der Waals surface area contributed by atoms with E-state index in [1.807, 2.05) is 13.8 Å². The molecule has 4 atom stereocenters. The third kappa shape index (κ3) is 0.993. The minimum Gasteiger partial charge on any atom is -0.456 e. The number of fused-ring (bicyclic) bond motifs is 1.